The van der Waals surface area contributed by atoms with Crippen molar-refractivity contribution in [1.29, 1.82) is 0 Å². The Bertz CT molecular complexity index is 329. The van der Waals surface area contributed by atoms with Crippen LogP contribution < -0.4 is 0 Å². The van der Waals surface area contributed by atoms with Crippen LogP contribution in [0.2, 0.25) is 0 Å². The van der Waals surface area contributed by atoms with Crippen molar-refractivity contribution in [2.75, 3.05) is 0 Å². The largest absolute Gasteiger partial charge is 0.0654 e. The standard InChI is InChI=1S/C26H52/c1-6-11-14-15-18-24-19-17-21-25(10-5,20-9-4)26(24,22-13-8-3)23-16-12-7-2/h24H,6-23H2,1-5H3. The number of unbranched alkanes of at least 4 members (excludes halogenated alkanes) is 6. The van der Waals surface area contributed by atoms with Crippen LogP contribution in [-0.2, 0) is 0 Å². The molecule has 0 spiro atoms. The summed E-state index contributed by atoms with van der Waals surface area (Å²) in [7, 11) is 0. The fourth-order valence-electron chi connectivity index (χ4n) is 6.69. The van der Waals surface area contributed by atoms with Crippen LogP contribution in [0, 0.1) is 16.7 Å². The molecule has 1 aliphatic rings. The van der Waals surface area contributed by atoms with E-state index in [1.807, 2.05) is 0 Å². The van der Waals surface area contributed by atoms with E-state index >= 15 is 0 Å². The van der Waals surface area contributed by atoms with E-state index in [0.717, 1.165) is 5.92 Å². The third-order valence-electron chi connectivity index (χ3n) is 8.06. The van der Waals surface area contributed by atoms with Crippen LogP contribution in [0.4, 0.5) is 0 Å². The molecule has 0 aliphatic heterocycles. The van der Waals surface area contributed by atoms with Gasteiger partial charge < -0.3 is 0 Å². The van der Waals surface area contributed by atoms with Gasteiger partial charge in [-0.3, -0.25) is 0 Å². The van der Waals surface area contributed by atoms with E-state index < -0.39 is 0 Å². The maximum absolute atomic E-state index is 2.54. The molecule has 1 rings (SSSR count). The first-order valence-electron chi connectivity index (χ1n) is 12.7. The summed E-state index contributed by atoms with van der Waals surface area (Å²) in [6, 6.07) is 0. The van der Waals surface area contributed by atoms with E-state index in [2.05, 4.69) is 34.6 Å². The summed E-state index contributed by atoms with van der Waals surface area (Å²) in [4.78, 5) is 0. The first kappa shape index (κ1) is 24.0. The molecule has 0 aromatic heterocycles. The van der Waals surface area contributed by atoms with E-state index in [9.17, 15) is 0 Å². The minimum atomic E-state index is 0.651. The number of rotatable bonds is 15. The molecular formula is C26H52. The van der Waals surface area contributed by atoms with Gasteiger partial charge in [-0.25, -0.2) is 0 Å². The number of hydrogen-bond acceptors (Lipinski definition) is 0. The zero-order valence-electron chi connectivity index (χ0n) is 19.3. The molecule has 1 aliphatic carbocycles. The predicted molar refractivity (Wildman–Crippen MR) is 120 cm³/mol. The average Bonchev–Trinajstić information content (AvgIpc) is 2.66. The van der Waals surface area contributed by atoms with Gasteiger partial charge in [0.05, 0.1) is 0 Å². The van der Waals surface area contributed by atoms with Gasteiger partial charge in [-0.2, -0.15) is 0 Å². The zero-order chi connectivity index (χ0) is 19.3. The Balaban J connectivity index is 3.10. The van der Waals surface area contributed by atoms with Crippen molar-refractivity contribution in [3.63, 3.8) is 0 Å². The van der Waals surface area contributed by atoms with Crippen molar-refractivity contribution in [2.24, 2.45) is 16.7 Å². The fourth-order valence-corrected chi connectivity index (χ4v) is 6.69. The van der Waals surface area contributed by atoms with Gasteiger partial charge in [-0.05, 0) is 61.7 Å². The van der Waals surface area contributed by atoms with E-state index in [1.165, 1.54) is 116 Å². The van der Waals surface area contributed by atoms with Gasteiger partial charge in [-0.1, -0.05) is 105 Å². The van der Waals surface area contributed by atoms with E-state index in [4.69, 9.17) is 0 Å². The summed E-state index contributed by atoms with van der Waals surface area (Å²) in [5.41, 5.74) is 1.31. The van der Waals surface area contributed by atoms with Crippen LogP contribution in [0.5, 0.6) is 0 Å². The molecule has 3 unspecified atom stereocenters. The molecule has 0 aromatic rings. The second kappa shape index (κ2) is 13.2. The average molecular weight is 365 g/mol. The van der Waals surface area contributed by atoms with Gasteiger partial charge in [0.2, 0.25) is 0 Å². The molecule has 0 radical (unpaired) electrons. The van der Waals surface area contributed by atoms with Crippen LogP contribution in [0.3, 0.4) is 0 Å². The first-order chi connectivity index (χ1) is 12.7. The second-order valence-electron chi connectivity index (χ2n) is 9.54. The van der Waals surface area contributed by atoms with Gasteiger partial charge in [0.25, 0.3) is 0 Å². The lowest BCUT2D eigenvalue weighted by Crippen LogP contribution is -2.50. The molecular weight excluding hydrogens is 312 g/mol. The summed E-state index contributed by atoms with van der Waals surface area (Å²) >= 11 is 0. The highest BCUT2D eigenvalue weighted by Crippen LogP contribution is 2.63. The summed E-state index contributed by atoms with van der Waals surface area (Å²) in [5, 5.41) is 0. The molecule has 0 aromatic carbocycles. The van der Waals surface area contributed by atoms with Crippen LogP contribution in [-0.4, -0.2) is 0 Å². The van der Waals surface area contributed by atoms with Gasteiger partial charge in [0.15, 0.2) is 0 Å². The molecule has 1 saturated carbocycles. The molecule has 0 nitrogen and oxygen atoms in total. The van der Waals surface area contributed by atoms with Crippen molar-refractivity contribution in [3.8, 4) is 0 Å². The summed E-state index contributed by atoms with van der Waals surface area (Å²) in [6.07, 6.45) is 26.4. The lowest BCUT2D eigenvalue weighted by molar-refractivity contribution is -0.0954. The molecule has 26 heavy (non-hydrogen) atoms. The third kappa shape index (κ3) is 6.00. The van der Waals surface area contributed by atoms with E-state index in [1.54, 1.807) is 0 Å². The Labute approximate surface area is 167 Å². The minimum Gasteiger partial charge on any atom is -0.0654 e. The molecule has 0 heterocycles. The molecule has 3 atom stereocenters. The molecule has 156 valence electrons. The van der Waals surface area contributed by atoms with Gasteiger partial charge >= 0.3 is 0 Å². The molecule has 0 N–H and O–H groups in total. The second-order valence-corrected chi connectivity index (χ2v) is 9.54. The molecule has 1 fully saturated rings. The van der Waals surface area contributed by atoms with Gasteiger partial charge in [-0.15, -0.1) is 0 Å². The highest BCUT2D eigenvalue weighted by Gasteiger charge is 2.53. The Morgan fingerprint density at radius 1 is 0.654 bits per heavy atom. The SMILES string of the molecule is CCCCCCC1CCCC(CC)(CCC)C1(CCCC)CCCCC. The quantitative estimate of drug-likeness (QED) is 0.254. The van der Waals surface area contributed by atoms with Crippen molar-refractivity contribution < 1.29 is 0 Å². The molecule has 0 saturated heterocycles. The Morgan fingerprint density at radius 3 is 1.92 bits per heavy atom. The monoisotopic (exact) mass is 364 g/mol. The van der Waals surface area contributed by atoms with Crippen molar-refractivity contribution in [3.05, 3.63) is 0 Å². The third-order valence-corrected chi connectivity index (χ3v) is 8.06. The normalized spacial score (nSPS) is 29.2. The van der Waals surface area contributed by atoms with Crippen LogP contribution in [0.1, 0.15) is 150 Å². The Kier molecular flexibility index (Phi) is 12.2. The van der Waals surface area contributed by atoms with E-state index in [-0.39, 0.29) is 0 Å². The van der Waals surface area contributed by atoms with Crippen LogP contribution >= 0.6 is 0 Å². The number of hydrogen-bond donors (Lipinski definition) is 0. The molecule has 0 heteroatoms. The highest BCUT2D eigenvalue weighted by molar-refractivity contribution is 5.03. The van der Waals surface area contributed by atoms with Crippen molar-refractivity contribution in [2.45, 2.75) is 150 Å². The van der Waals surface area contributed by atoms with Gasteiger partial charge in [0.1, 0.15) is 0 Å². The summed E-state index contributed by atoms with van der Waals surface area (Å²) in [5.74, 6) is 1.02. The smallest absolute Gasteiger partial charge is 0.0213 e. The minimum absolute atomic E-state index is 0.651. The fraction of sp³-hybridized carbons (Fsp3) is 1.00. The summed E-state index contributed by atoms with van der Waals surface area (Å²) < 4.78 is 0. The Morgan fingerprint density at radius 2 is 1.31 bits per heavy atom. The van der Waals surface area contributed by atoms with E-state index in [0.29, 0.717) is 10.8 Å². The first-order valence-corrected chi connectivity index (χ1v) is 12.7. The highest BCUT2D eigenvalue weighted by atomic mass is 14.6. The lowest BCUT2D eigenvalue weighted by atomic mass is 9.45. The van der Waals surface area contributed by atoms with Crippen molar-refractivity contribution in [1.82, 2.24) is 0 Å². The topological polar surface area (TPSA) is 0 Å². The van der Waals surface area contributed by atoms with Crippen molar-refractivity contribution >= 4 is 0 Å². The molecule has 0 amide bonds. The van der Waals surface area contributed by atoms with Crippen LogP contribution in [0.15, 0.2) is 0 Å². The summed E-state index contributed by atoms with van der Waals surface area (Å²) in [6.45, 7) is 12.1. The maximum Gasteiger partial charge on any atom is -0.0213 e. The Hall–Kier alpha value is 0. The predicted octanol–water partition coefficient (Wildman–Crippen LogP) is 9.71. The van der Waals surface area contributed by atoms with Crippen LogP contribution in [0.25, 0.3) is 0 Å². The molecule has 0 bridgehead atoms. The zero-order valence-corrected chi connectivity index (χ0v) is 19.3. The van der Waals surface area contributed by atoms with Gasteiger partial charge in [0, 0.05) is 0 Å². The maximum atomic E-state index is 2.54. The lowest BCUT2D eigenvalue weighted by Gasteiger charge is -2.59.